The van der Waals surface area contributed by atoms with Crippen molar-refractivity contribution in [2.45, 2.75) is 6.92 Å². The number of barbiturate groups is 1. The Kier molecular flexibility index (Phi) is 4.41. The van der Waals surface area contributed by atoms with Crippen LogP contribution in [0.15, 0.2) is 65.9 Å². The molecule has 0 aromatic heterocycles. The maximum Gasteiger partial charge on any atom is 0.328 e. The van der Waals surface area contributed by atoms with Gasteiger partial charge in [-0.15, -0.1) is 0 Å². The molecule has 7 nitrogen and oxygen atoms in total. The number of aryl methyl sites for hydroxylation is 1. The van der Waals surface area contributed by atoms with Crippen LogP contribution in [0.5, 0.6) is 5.75 Å². The molecule has 0 bridgehead atoms. The Morgan fingerprint density at radius 2 is 1.54 bits per heavy atom. The molecule has 7 heteroatoms. The van der Waals surface area contributed by atoms with Crippen LogP contribution in [0.3, 0.4) is 0 Å². The largest absolute Gasteiger partial charge is 0.489 e. The van der Waals surface area contributed by atoms with Crippen LogP contribution in [0, 0.1) is 6.92 Å². The van der Waals surface area contributed by atoms with Gasteiger partial charge in [0, 0.05) is 16.8 Å². The highest BCUT2D eigenvalue weighted by atomic mass is 16.5. The first-order valence-corrected chi connectivity index (χ1v) is 8.68. The lowest BCUT2D eigenvalue weighted by Gasteiger charge is -2.24. The van der Waals surface area contributed by atoms with Crippen molar-refractivity contribution in [3.8, 4) is 5.75 Å². The third kappa shape index (κ3) is 3.37. The summed E-state index contributed by atoms with van der Waals surface area (Å²) in [5.74, 6) is -0.771. The van der Waals surface area contributed by atoms with Crippen LogP contribution in [-0.2, 0) is 9.59 Å². The molecular formula is C21H17N3O4. The summed E-state index contributed by atoms with van der Waals surface area (Å²) in [5, 5.41) is 7.27. The van der Waals surface area contributed by atoms with Gasteiger partial charge >= 0.3 is 6.03 Å². The van der Waals surface area contributed by atoms with E-state index in [9.17, 15) is 14.4 Å². The fraction of sp³-hybridized carbons (Fsp3) is 0.0952. The minimum absolute atomic E-state index is 0.151. The number of imide groups is 2. The van der Waals surface area contributed by atoms with Crippen molar-refractivity contribution in [3.05, 3.63) is 77.0 Å². The molecule has 4 rings (SSSR count). The summed E-state index contributed by atoms with van der Waals surface area (Å²) in [4.78, 5) is 35.7. The first kappa shape index (κ1) is 17.5. The molecule has 2 heterocycles. The predicted octanol–water partition coefficient (Wildman–Crippen LogP) is 2.50. The molecule has 3 N–H and O–H groups in total. The Hall–Kier alpha value is -3.87. The van der Waals surface area contributed by atoms with Crippen LogP contribution in [0.25, 0.3) is 5.57 Å². The monoisotopic (exact) mass is 375 g/mol. The second-order valence-electron chi connectivity index (χ2n) is 6.47. The normalized spacial score (nSPS) is 15.9. The van der Waals surface area contributed by atoms with Crippen molar-refractivity contribution in [1.29, 1.82) is 0 Å². The van der Waals surface area contributed by atoms with E-state index >= 15 is 0 Å². The Balaban J connectivity index is 1.70. The molecule has 1 saturated heterocycles. The highest BCUT2D eigenvalue weighted by molar-refractivity contribution is 6.29. The number of rotatable bonds is 3. The average molecular weight is 375 g/mol. The van der Waals surface area contributed by atoms with Crippen molar-refractivity contribution in [1.82, 2.24) is 10.6 Å². The van der Waals surface area contributed by atoms with Gasteiger partial charge in [-0.3, -0.25) is 20.2 Å². The van der Waals surface area contributed by atoms with Gasteiger partial charge in [0.15, 0.2) is 0 Å². The Morgan fingerprint density at radius 1 is 0.857 bits per heavy atom. The van der Waals surface area contributed by atoms with E-state index in [2.05, 4.69) is 16.0 Å². The van der Waals surface area contributed by atoms with Crippen LogP contribution < -0.4 is 20.7 Å². The molecule has 2 aromatic carbocycles. The van der Waals surface area contributed by atoms with Gasteiger partial charge in [-0.05, 0) is 31.2 Å². The van der Waals surface area contributed by atoms with E-state index in [-0.39, 0.29) is 12.2 Å². The van der Waals surface area contributed by atoms with Crippen molar-refractivity contribution in [2.24, 2.45) is 0 Å². The van der Waals surface area contributed by atoms with Gasteiger partial charge in [-0.2, -0.15) is 0 Å². The Morgan fingerprint density at radius 3 is 2.25 bits per heavy atom. The summed E-state index contributed by atoms with van der Waals surface area (Å²) in [7, 11) is 0. The number of hydrogen-bond acceptors (Lipinski definition) is 5. The molecular weight excluding hydrogens is 358 g/mol. The number of carbonyl (C=O) groups excluding carboxylic acids is 3. The highest BCUT2D eigenvalue weighted by Crippen LogP contribution is 2.32. The number of hydrogen-bond donors (Lipinski definition) is 3. The number of fused-ring (bicyclic) bond motifs is 1. The zero-order valence-electron chi connectivity index (χ0n) is 15.0. The van der Waals surface area contributed by atoms with E-state index in [1.807, 2.05) is 55.5 Å². The Bertz CT molecular complexity index is 1030. The molecule has 4 amide bonds. The maximum atomic E-state index is 12.2. The molecule has 2 aromatic rings. The van der Waals surface area contributed by atoms with E-state index in [0.717, 1.165) is 28.1 Å². The van der Waals surface area contributed by atoms with Crippen LogP contribution in [0.2, 0.25) is 0 Å². The van der Waals surface area contributed by atoms with Crippen LogP contribution in [-0.4, -0.2) is 24.5 Å². The summed E-state index contributed by atoms with van der Waals surface area (Å²) in [6.07, 6.45) is 1.70. The van der Waals surface area contributed by atoms with Crippen molar-refractivity contribution < 1.29 is 19.1 Å². The summed E-state index contributed by atoms with van der Waals surface area (Å²) in [6, 6.07) is 14.4. The molecule has 2 aliphatic heterocycles. The molecule has 0 atom stereocenters. The Labute approximate surface area is 161 Å². The SMILES string of the molecule is Cc1ccc(OCC2=CC(=C3C(=O)NC(=O)NC3=O)Nc3ccccc32)cc1. The second kappa shape index (κ2) is 7.03. The van der Waals surface area contributed by atoms with Crippen molar-refractivity contribution in [3.63, 3.8) is 0 Å². The van der Waals surface area contributed by atoms with E-state index in [1.54, 1.807) is 6.08 Å². The number of para-hydroxylation sites is 1. The van der Waals surface area contributed by atoms with Gasteiger partial charge < -0.3 is 10.1 Å². The lowest BCUT2D eigenvalue weighted by molar-refractivity contribution is -0.124. The molecule has 0 radical (unpaired) electrons. The molecule has 1 fully saturated rings. The van der Waals surface area contributed by atoms with Crippen molar-refractivity contribution in [2.75, 3.05) is 11.9 Å². The topological polar surface area (TPSA) is 96.5 Å². The number of benzene rings is 2. The zero-order chi connectivity index (χ0) is 19.7. The standard InChI is InChI=1S/C21H17N3O4/c1-12-6-8-14(9-7-12)28-11-13-10-17(22-16-5-3-2-4-15(13)16)18-19(25)23-21(27)24-20(18)26/h2-10,22H,11H2,1H3,(H2,23,24,25,26,27). The number of urea groups is 1. The minimum atomic E-state index is -0.831. The van der Waals surface area contributed by atoms with Gasteiger partial charge in [0.2, 0.25) is 0 Å². The van der Waals surface area contributed by atoms with E-state index in [0.29, 0.717) is 5.70 Å². The zero-order valence-corrected chi connectivity index (χ0v) is 15.0. The number of amides is 4. The summed E-state index contributed by atoms with van der Waals surface area (Å²) < 4.78 is 5.89. The number of allylic oxidation sites excluding steroid dienone is 1. The number of ether oxygens (including phenoxy) is 1. The fourth-order valence-corrected chi connectivity index (χ4v) is 3.07. The molecule has 0 saturated carbocycles. The first-order valence-electron chi connectivity index (χ1n) is 8.68. The molecule has 2 aliphatic rings. The molecule has 140 valence electrons. The van der Waals surface area contributed by atoms with Crippen LogP contribution in [0.1, 0.15) is 11.1 Å². The summed E-state index contributed by atoms with van der Waals surface area (Å²) in [6.45, 7) is 2.25. The molecule has 0 aliphatic carbocycles. The van der Waals surface area contributed by atoms with E-state index < -0.39 is 17.8 Å². The fourth-order valence-electron chi connectivity index (χ4n) is 3.07. The number of nitrogens with one attached hydrogen (secondary N) is 3. The molecule has 0 spiro atoms. The highest BCUT2D eigenvalue weighted by Gasteiger charge is 2.32. The number of carbonyl (C=O) groups is 3. The summed E-state index contributed by atoms with van der Waals surface area (Å²) >= 11 is 0. The smallest absolute Gasteiger partial charge is 0.328 e. The van der Waals surface area contributed by atoms with Gasteiger partial charge in [0.25, 0.3) is 11.8 Å². The molecule has 0 unspecified atom stereocenters. The number of anilines is 1. The lowest BCUT2D eigenvalue weighted by Crippen LogP contribution is -2.52. The first-order chi connectivity index (χ1) is 13.5. The quantitative estimate of drug-likeness (QED) is 0.566. The van der Waals surface area contributed by atoms with Gasteiger partial charge in [0.1, 0.15) is 17.9 Å². The predicted molar refractivity (Wildman–Crippen MR) is 103 cm³/mol. The van der Waals surface area contributed by atoms with Crippen molar-refractivity contribution >= 4 is 29.1 Å². The second-order valence-corrected chi connectivity index (χ2v) is 6.47. The summed E-state index contributed by atoms with van der Waals surface area (Å²) in [5.41, 5.74) is 3.74. The minimum Gasteiger partial charge on any atom is -0.489 e. The molecule has 28 heavy (non-hydrogen) atoms. The van der Waals surface area contributed by atoms with Crippen LogP contribution in [0.4, 0.5) is 10.5 Å². The third-order valence-electron chi connectivity index (χ3n) is 4.45. The average Bonchev–Trinajstić information content (AvgIpc) is 2.66. The van der Waals surface area contributed by atoms with Gasteiger partial charge in [0.05, 0.1) is 5.70 Å². The third-order valence-corrected chi connectivity index (χ3v) is 4.45. The lowest BCUT2D eigenvalue weighted by atomic mass is 9.97. The maximum absolute atomic E-state index is 12.2. The van der Waals surface area contributed by atoms with Gasteiger partial charge in [-0.25, -0.2) is 4.79 Å². The van der Waals surface area contributed by atoms with Crippen LogP contribution >= 0.6 is 0 Å². The van der Waals surface area contributed by atoms with Gasteiger partial charge in [-0.1, -0.05) is 35.9 Å². The van der Waals surface area contributed by atoms with E-state index in [4.69, 9.17) is 4.74 Å². The van der Waals surface area contributed by atoms with E-state index in [1.165, 1.54) is 0 Å².